The minimum absolute atomic E-state index is 0.0352. The lowest BCUT2D eigenvalue weighted by Crippen LogP contribution is -2.53. The normalized spacial score (nSPS) is 12.7. The van der Waals surface area contributed by atoms with E-state index in [1.165, 1.54) is 17.0 Å². The number of nitrogens with zero attached hydrogens (tertiary/aromatic N) is 2. The summed E-state index contributed by atoms with van der Waals surface area (Å²) in [5, 5.41) is 3.41. The minimum atomic E-state index is -4.15. The van der Waals surface area contributed by atoms with Gasteiger partial charge in [-0.15, -0.1) is 0 Å². The van der Waals surface area contributed by atoms with Crippen molar-refractivity contribution in [2.24, 2.45) is 0 Å². The highest BCUT2D eigenvalue weighted by Crippen LogP contribution is 2.27. The van der Waals surface area contributed by atoms with Gasteiger partial charge in [-0.3, -0.25) is 13.9 Å². The topological polar surface area (TPSA) is 96.0 Å². The molecule has 0 aromatic heterocycles. The number of ether oxygens (including phenoxy) is 1. The molecular formula is C31H38ClN3O5S. The van der Waals surface area contributed by atoms with Crippen LogP contribution in [0, 0.1) is 0 Å². The summed E-state index contributed by atoms with van der Waals surface area (Å²) >= 11 is 6.45. The van der Waals surface area contributed by atoms with Gasteiger partial charge in [-0.25, -0.2) is 8.42 Å². The quantitative estimate of drug-likeness (QED) is 0.258. The molecule has 0 fully saturated rings. The number of hydrogen-bond donors (Lipinski definition) is 1. The maximum atomic E-state index is 14.1. The zero-order valence-electron chi connectivity index (χ0n) is 23.9. The van der Waals surface area contributed by atoms with E-state index >= 15 is 0 Å². The number of sulfonamides is 1. The van der Waals surface area contributed by atoms with E-state index < -0.39 is 28.5 Å². The summed E-state index contributed by atoms with van der Waals surface area (Å²) in [6.07, 6.45) is 1.05. The van der Waals surface area contributed by atoms with Crippen molar-refractivity contribution in [1.29, 1.82) is 0 Å². The van der Waals surface area contributed by atoms with Gasteiger partial charge in [0.15, 0.2) is 0 Å². The maximum Gasteiger partial charge on any atom is 0.264 e. The minimum Gasteiger partial charge on any atom is -0.494 e. The molecule has 10 heteroatoms. The molecule has 2 amide bonds. The van der Waals surface area contributed by atoms with Crippen molar-refractivity contribution >= 4 is 39.1 Å². The summed E-state index contributed by atoms with van der Waals surface area (Å²) in [4.78, 5) is 28.9. The van der Waals surface area contributed by atoms with Crippen molar-refractivity contribution in [1.82, 2.24) is 10.2 Å². The molecule has 1 N–H and O–H groups in total. The number of amides is 2. The van der Waals surface area contributed by atoms with E-state index in [2.05, 4.69) is 5.32 Å². The van der Waals surface area contributed by atoms with E-state index in [-0.39, 0.29) is 23.4 Å². The summed E-state index contributed by atoms with van der Waals surface area (Å²) in [5.74, 6) is -0.266. The van der Waals surface area contributed by atoms with Gasteiger partial charge in [0.05, 0.1) is 17.2 Å². The Kier molecular flexibility index (Phi) is 11.6. The average molecular weight is 600 g/mol. The van der Waals surface area contributed by atoms with Crippen LogP contribution in [0.4, 0.5) is 5.69 Å². The number of hydrogen-bond acceptors (Lipinski definition) is 5. The smallest absolute Gasteiger partial charge is 0.264 e. The highest BCUT2D eigenvalue weighted by molar-refractivity contribution is 7.92. The van der Waals surface area contributed by atoms with Crippen LogP contribution in [-0.2, 0) is 26.2 Å². The monoisotopic (exact) mass is 599 g/mol. The zero-order valence-corrected chi connectivity index (χ0v) is 25.5. The Morgan fingerprint density at radius 2 is 1.54 bits per heavy atom. The standard InChI is InChI=1S/C31H38ClN3O5S/c1-5-23(4)33-31(37)29(6-2)34(21-24-13-11-12-16-28(24)32)30(36)22-35(25-17-19-26(20-18-25)40-7-3)41(38,39)27-14-9-8-10-15-27/h8-20,23,29H,5-7,21-22H2,1-4H3,(H,33,37)/t23-,29+/m0/s1. The van der Waals surface area contributed by atoms with Gasteiger partial charge in [-0.05, 0) is 74.7 Å². The molecule has 3 rings (SSSR count). The van der Waals surface area contributed by atoms with Gasteiger partial charge in [0.1, 0.15) is 18.3 Å². The average Bonchev–Trinajstić information content (AvgIpc) is 2.97. The summed E-state index contributed by atoms with van der Waals surface area (Å²) in [6.45, 7) is 7.49. The first kappa shape index (κ1) is 32.0. The zero-order chi connectivity index (χ0) is 30.0. The Hall–Kier alpha value is -3.56. The van der Waals surface area contributed by atoms with Gasteiger partial charge < -0.3 is 15.0 Å². The molecule has 41 heavy (non-hydrogen) atoms. The van der Waals surface area contributed by atoms with Crippen LogP contribution < -0.4 is 14.4 Å². The molecule has 220 valence electrons. The third-order valence-corrected chi connectivity index (χ3v) is 8.89. The van der Waals surface area contributed by atoms with E-state index in [1.54, 1.807) is 66.7 Å². The highest BCUT2D eigenvalue weighted by atomic mass is 35.5. The van der Waals surface area contributed by atoms with Gasteiger partial charge in [-0.1, -0.05) is 61.8 Å². The molecule has 8 nitrogen and oxygen atoms in total. The first-order chi connectivity index (χ1) is 19.6. The van der Waals surface area contributed by atoms with Gasteiger partial charge in [0.25, 0.3) is 10.0 Å². The third-order valence-electron chi connectivity index (χ3n) is 6.73. The number of carbonyl (C=O) groups is 2. The predicted molar refractivity (Wildman–Crippen MR) is 163 cm³/mol. The van der Waals surface area contributed by atoms with Crippen molar-refractivity contribution in [2.45, 2.75) is 64.1 Å². The molecule has 0 saturated carbocycles. The summed E-state index contributed by atoms with van der Waals surface area (Å²) in [6, 6.07) is 20.6. The molecular weight excluding hydrogens is 562 g/mol. The highest BCUT2D eigenvalue weighted by Gasteiger charge is 2.34. The molecule has 2 atom stereocenters. The van der Waals surface area contributed by atoms with Crippen LogP contribution in [0.5, 0.6) is 5.75 Å². The fraction of sp³-hybridized carbons (Fsp3) is 0.355. The number of benzene rings is 3. The second-order valence-electron chi connectivity index (χ2n) is 9.61. The van der Waals surface area contributed by atoms with E-state index in [4.69, 9.17) is 16.3 Å². The number of halogens is 1. The summed E-state index contributed by atoms with van der Waals surface area (Å²) in [5.41, 5.74) is 0.941. The van der Waals surface area contributed by atoms with Crippen LogP contribution in [0.1, 0.15) is 46.1 Å². The van der Waals surface area contributed by atoms with Crippen LogP contribution in [0.2, 0.25) is 5.02 Å². The molecule has 0 radical (unpaired) electrons. The van der Waals surface area contributed by atoms with Crippen LogP contribution >= 0.6 is 11.6 Å². The Morgan fingerprint density at radius 3 is 2.12 bits per heavy atom. The molecule has 0 aliphatic heterocycles. The fourth-order valence-electron chi connectivity index (χ4n) is 4.29. The van der Waals surface area contributed by atoms with E-state index in [0.717, 1.165) is 10.7 Å². The van der Waals surface area contributed by atoms with Crippen LogP contribution in [-0.4, -0.2) is 50.4 Å². The van der Waals surface area contributed by atoms with E-state index in [9.17, 15) is 18.0 Å². The lowest BCUT2D eigenvalue weighted by Gasteiger charge is -2.34. The summed E-state index contributed by atoms with van der Waals surface area (Å²) in [7, 11) is -4.15. The van der Waals surface area contributed by atoms with Crippen molar-refractivity contribution < 1.29 is 22.7 Å². The molecule has 0 spiro atoms. The number of carbonyl (C=O) groups excluding carboxylic acids is 2. The number of anilines is 1. The molecule has 0 heterocycles. The Labute approximate surface area is 248 Å². The van der Waals surface area contributed by atoms with Crippen molar-refractivity contribution in [3.63, 3.8) is 0 Å². The molecule has 0 saturated heterocycles. The second-order valence-corrected chi connectivity index (χ2v) is 11.9. The summed E-state index contributed by atoms with van der Waals surface area (Å²) < 4.78 is 34.4. The first-order valence-electron chi connectivity index (χ1n) is 13.8. The van der Waals surface area contributed by atoms with Gasteiger partial charge in [0.2, 0.25) is 11.8 Å². The SMILES string of the molecule is CCOc1ccc(N(CC(=O)N(Cc2ccccc2Cl)[C@H](CC)C(=O)N[C@@H](C)CC)S(=O)(=O)c2ccccc2)cc1. The van der Waals surface area contributed by atoms with E-state index in [0.29, 0.717) is 35.1 Å². The van der Waals surface area contributed by atoms with Crippen molar-refractivity contribution in [3.05, 3.63) is 89.4 Å². The Balaban J connectivity index is 2.06. The Bertz CT molecular complexity index is 1400. The van der Waals surface area contributed by atoms with Gasteiger partial charge >= 0.3 is 0 Å². The second kappa shape index (κ2) is 14.9. The number of nitrogens with one attached hydrogen (secondary N) is 1. The van der Waals surface area contributed by atoms with Crippen LogP contribution in [0.25, 0.3) is 0 Å². The number of rotatable bonds is 14. The van der Waals surface area contributed by atoms with Crippen LogP contribution in [0.15, 0.2) is 83.8 Å². The molecule has 3 aromatic rings. The third kappa shape index (κ3) is 8.24. The largest absolute Gasteiger partial charge is 0.494 e. The lowest BCUT2D eigenvalue weighted by molar-refractivity contribution is -0.140. The van der Waals surface area contributed by atoms with Crippen molar-refractivity contribution in [3.8, 4) is 5.75 Å². The Morgan fingerprint density at radius 1 is 0.902 bits per heavy atom. The fourth-order valence-corrected chi connectivity index (χ4v) is 5.93. The van der Waals surface area contributed by atoms with E-state index in [1.807, 2.05) is 27.7 Å². The van der Waals surface area contributed by atoms with Crippen molar-refractivity contribution in [2.75, 3.05) is 17.5 Å². The maximum absolute atomic E-state index is 14.1. The molecule has 3 aromatic carbocycles. The molecule has 0 aliphatic carbocycles. The first-order valence-corrected chi connectivity index (χ1v) is 15.6. The van der Waals surface area contributed by atoms with Crippen LogP contribution in [0.3, 0.4) is 0 Å². The molecule has 0 unspecified atom stereocenters. The van der Waals surface area contributed by atoms with Gasteiger partial charge in [-0.2, -0.15) is 0 Å². The van der Waals surface area contributed by atoms with Gasteiger partial charge in [0, 0.05) is 17.6 Å². The lowest BCUT2D eigenvalue weighted by atomic mass is 10.1. The predicted octanol–water partition coefficient (Wildman–Crippen LogP) is 5.66. The molecule has 0 bridgehead atoms. The molecule has 0 aliphatic rings.